The van der Waals surface area contributed by atoms with Crippen molar-refractivity contribution >= 4 is 33.3 Å². The molecule has 3 heterocycles. The Kier molecular flexibility index (Phi) is 4.54. The zero-order valence-corrected chi connectivity index (χ0v) is 13.4. The lowest BCUT2D eigenvalue weighted by molar-refractivity contribution is -0.118. The zero-order chi connectivity index (χ0) is 15.5. The van der Waals surface area contributed by atoms with Crippen LogP contribution in [-0.2, 0) is 9.53 Å². The van der Waals surface area contributed by atoms with Crippen molar-refractivity contribution in [1.29, 1.82) is 0 Å². The monoisotopic (exact) mass is 320 g/mol. The maximum atomic E-state index is 11.4. The molecule has 0 radical (unpaired) electrons. The molecule has 1 fully saturated rings. The first-order chi connectivity index (χ1) is 10.6. The predicted octanol–water partition coefficient (Wildman–Crippen LogP) is 2.08. The molecule has 2 aromatic heterocycles. The van der Waals surface area contributed by atoms with E-state index < -0.39 is 0 Å². The third kappa shape index (κ3) is 3.20. The minimum absolute atomic E-state index is 0.0121. The van der Waals surface area contributed by atoms with Crippen LogP contribution in [0, 0.1) is 12.8 Å². The van der Waals surface area contributed by atoms with Crippen molar-refractivity contribution in [2.75, 3.05) is 18.5 Å². The Labute approximate surface area is 133 Å². The Hall–Kier alpha value is -1.73. The number of fused-ring (bicyclic) bond motifs is 1. The fourth-order valence-corrected chi connectivity index (χ4v) is 3.87. The van der Waals surface area contributed by atoms with Gasteiger partial charge in [0.2, 0.25) is 5.91 Å². The van der Waals surface area contributed by atoms with Crippen LogP contribution in [0.5, 0.6) is 0 Å². The van der Waals surface area contributed by atoms with E-state index in [2.05, 4.69) is 20.7 Å². The van der Waals surface area contributed by atoms with Crippen molar-refractivity contribution in [2.45, 2.75) is 32.2 Å². The largest absolute Gasteiger partial charge is 0.381 e. The number of carbonyl (C=O) groups is 1. The highest BCUT2D eigenvalue weighted by Gasteiger charge is 2.26. The van der Waals surface area contributed by atoms with Gasteiger partial charge in [-0.05, 0) is 36.6 Å². The van der Waals surface area contributed by atoms with Crippen LogP contribution in [0.3, 0.4) is 0 Å². The van der Waals surface area contributed by atoms with Gasteiger partial charge in [-0.2, -0.15) is 0 Å². The van der Waals surface area contributed by atoms with Crippen LogP contribution >= 0.6 is 11.3 Å². The minimum Gasteiger partial charge on any atom is -0.381 e. The number of ether oxygens (including phenoxy) is 1. The standard InChI is InChI=1S/C15H20N4O2S/c1-9-7-22-14-13(9)17-8-18-15(14)19-11(6-12(16)20)10-2-4-21-5-3-10/h7-8,10-11H,2-6H2,1H3,(H2,16,20)(H,17,18,19)/t11-/m0/s1. The number of thiophene rings is 1. The van der Waals surface area contributed by atoms with Gasteiger partial charge >= 0.3 is 0 Å². The highest BCUT2D eigenvalue weighted by molar-refractivity contribution is 7.18. The zero-order valence-electron chi connectivity index (χ0n) is 12.5. The van der Waals surface area contributed by atoms with Crippen molar-refractivity contribution in [1.82, 2.24) is 9.97 Å². The molecule has 1 atom stereocenters. The van der Waals surface area contributed by atoms with E-state index in [1.807, 2.05) is 6.92 Å². The molecule has 0 spiro atoms. The molecule has 118 valence electrons. The van der Waals surface area contributed by atoms with Gasteiger partial charge in [0.25, 0.3) is 0 Å². The fourth-order valence-electron chi connectivity index (χ4n) is 2.92. The average molecular weight is 320 g/mol. The maximum Gasteiger partial charge on any atom is 0.219 e. The maximum absolute atomic E-state index is 11.4. The van der Waals surface area contributed by atoms with Crippen molar-refractivity contribution < 1.29 is 9.53 Å². The molecule has 3 rings (SSSR count). The Morgan fingerprint density at radius 1 is 1.50 bits per heavy atom. The van der Waals surface area contributed by atoms with Crippen molar-refractivity contribution in [3.05, 3.63) is 17.3 Å². The Morgan fingerprint density at radius 3 is 3.00 bits per heavy atom. The van der Waals surface area contributed by atoms with Gasteiger partial charge in [0.15, 0.2) is 0 Å². The molecule has 6 nitrogen and oxygen atoms in total. The SMILES string of the molecule is Cc1csc2c(N[C@@H](CC(N)=O)C3CCOCC3)ncnc12. The van der Waals surface area contributed by atoms with Gasteiger partial charge in [0.05, 0.1) is 10.2 Å². The molecule has 0 aliphatic carbocycles. The highest BCUT2D eigenvalue weighted by Crippen LogP contribution is 2.31. The summed E-state index contributed by atoms with van der Waals surface area (Å²) in [5, 5.41) is 5.51. The minimum atomic E-state index is -0.295. The molecular weight excluding hydrogens is 300 g/mol. The Bertz CT molecular complexity index is 667. The summed E-state index contributed by atoms with van der Waals surface area (Å²) in [6.07, 6.45) is 3.74. The number of aromatic nitrogens is 2. The summed E-state index contributed by atoms with van der Waals surface area (Å²) in [4.78, 5) is 20.1. The number of nitrogens with two attached hydrogens (primary N) is 1. The number of aryl methyl sites for hydroxylation is 1. The molecule has 1 aliphatic rings. The average Bonchev–Trinajstić information content (AvgIpc) is 2.90. The van der Waals surface area contributed by atoms with E-state index in [1.54, 1.807) is 17.7 Å². The molecule has 0 aromatic carbocycles. The van der Waals surface area contributed by atoms with Crippen molar-refractivity contribution in [2.24, 2.45) is 11.7 Å². The second kappa shape index (κ2) is 6.58. The van der Waals surface area contributed by atoms with Crippen LogP contribution in [0.2, 0.25) is 0 Å². The quantitative estimate of drug-likeness (QED) is 0.880. The fraction of sp³-hybridized carbons (Fsp3) is 0.533. The van der Waals surface area contributed by atoms with Crippen LogP contribution in [-0.4, -0.2) is 35.1 Å². The van der Waals surface area contributed by atoms with E-state index in [0.29, 0.717) is 12.3 Å². The molecule has 2 aromatic rings. The Morgan fingerprint density at radius 2 is 2.27 bits per heavy atom. The second-order valence-electron chi connectivity index (χ2n) is 5.69. The summed E-state index contributed by atoms with van der Waals surface area (Å²) >= 11 is 1.62. The van der Waals surface area contributed by atoms with Gasteiger partial charge < -0.3 is 15.8 Å². The van der Waals surface area contributed by atoms with Gasteiger partial charge in [0, 0.05) is 25.7 Å². The molecule has 1 aliphatic heterocycles. The van der Waals surface area contributed by atoms with Crippen LogP contribution < -0.4 is 11.1 Å². The van der Waals surface area contributed by atoms with E-state index >= 15 is 0 Å². The van der Waals surface area contributed by atoms with E-state index in [0.717, 1.165) is 47.7 Å². The molecule has 0 unspecified atom stereocenters. The summed E-state index contributed by atoms with van der Waals surface area (Å²) < 4.78 is 6.44. The van der Waals surface area contributed by atoms with E-state index in [4.69, 9.17) is 10.5 Å². The number of nitrogens with zero attached hydrogens (tertiary/aromatic N) is 2. The summed E-state index contributed by atoms with van der Waals surface area (Å²) in [7, 11) is 0. The molecule has 0 bridgehead atoms. The summed E-state index contributed by atoms with van der Waals surface area (Å²) in [6.45, 7) is 3.51. The highest BCUT2D eigenvalue weighted by atomic mass is 32.1. The number of rotatable bonds is 5. The molecule has 3 N–H and O–H groups in total. The van der Waals surface area contributed by atoms with Crippen LogP contribution in [0.1, 0.15) is 24.8 Å². The van der Waals surface area contributed by atoms with Crippen LogP contribution in [0.25, 0.3) is 10.2 Å². The number of carbonyl (C=O) groups excluding carboxylic acids is 1. The number of anilines is 1. The number of primary amides is 1. The van der Waals surface area contributed by atoms with Gasteiger partial charge in [-0.15, -0.1) is 11.3 Å². The lowest BCUT2D eigenvalue weighted by Crippen LogP contribution is -2.37. The molecule has 1 amide bonds. The third-order valence-electron chi connectivity index (χ3n) is 4.11. The first kappa shape index (κ1) is 15.2. The van der Waals surface area contributed by atoms with E-state index in [-0.39, 0.29) is 11.9 Å². The molecular formula is C15H20N4O2S. The van der Waals surface area contributed by atoms with Gasteiger partial charge in [-0.25, -0.2) is 9.97 Å². The summed E-state index contributed by atoms with van der Waals surface area (Å²) in [6, 6.07) is -0.0121. The number of hydrogen-bond acceptors (Lipinski definition) is 6. The lowest BCUT2D eigenvalue weighted by atomic mass is 9.89. The summed E-state index contributed by atoms with van der Waals surface area (Å²) in [5.74, 6) is 0.866. The van der Waals surface area contributed by atoms with E-state index in [9.17, 15) is 4.79 Å². The molecule has 22 heavy (non-hydrogen) atoms. The third-order valence-corrected chi connectivity index (χ3v) is 5.20. The topological polar surface area (TPSA) is 90.1 Å². The van der Waals surface area contributed by atoms with Crippen molar-refractivity contribution in [3.8, 4) is 0 Å². The number of nitrogens with one attached hydrogen (secondary N) is 1. The normalized spacial score (nSPS) is 17.5. The number of amides is 1. The smallest absolute Gasteiger partial charge is 0.219 e. The molecule has 0 saturated carbocycles. The predicted molar refractivity (Wildman–Crippen MR) is 86.9 cm³/mol. The summed E-state index contributed by atoms with van der Waals surface area (Å²) in [5.41, 5.74) is 7.54. The first-order valence-corrected chi connectivity index (χ1v) is 8.34. The molecule has 7 heteroatoms. The lowest BCUT2D eigenvalue weighted by Gasteiger charge is -2.30. The van der Waals surface area contributed by atoms with Crippen LogP contribution in [0.4, 0.5) is 5.82 Å². The van der Waals surface area contributed by atoms with E-state index in [1.165, 1.54) is 0 Å². The first-order valence-electron chi connectivity index (χ1n) is 7.46. The Balaban J connectivity index is 1.86. The van der Waals surface area contributed by atoms with Gasteiger partial charge in [-0.3, -0.25) is 4.79 Å². The van der Waals surface area contributed by atoms with Crippen molar-refractivity contribution in [3.63, 3.8) is 0 Å². The molecule has 1 saturated heterocycles. The van der Waals surface area contributed by atoms with Gasteiger partial charge in [0.1, 0.15) is 12.1 Å². The number of hydrogen-bond donors (Lipinski definition) is 2. The second-order valence-corrected chi connectivity index (χ2v) is 6.57. The van der Waals surface area contributed by atoms with Crippen LogP contribution in [0.15, 0.2) is 11.7 Å². The van der Waals surface area contributed by atoms with Gasteiger partial charge in [-0.1, -0.05) is 0 Å².